The monoisotopic (exact) mass is 331 g/mol. The molecule has 0 saturated carbocycles. The van der Waals surface area contributed by atoms with Crippen molar-refractivity contribution >= 4 is 23.1 Å². The van der Waals surface area contributed by atoms with Crippen LogP contribution in [0.2, 0.25) is 0 Å². The van der Waals surface area contributed by atoms with Crippen molar-refractivity contribution < 1.29 is 4.79 Å². The molecule has 0 aliphatic heterocycles. The van der Waals surface area contributed by atoms with Gasteiger partial charge in [-0.1, -0.05) is 38.1 Å². The zero-order chi connectivity index (χ0) is 16.5. The summed E-state index contributed by atoms with van der Waals surface area (Å²) in [7, 11) is 0. The van der Waals surface area contributed by atoms with Crippen molar-refractivity contribution in [2.24, 2.45) is 0 Å². The van der Waals surface area contributed by atoms with Gasteiger partial charge in [-0.15, -0.1) is 11.3 Å². The number of thiophene rings is 1. The molecule has 0 aliphatic carbocycles. The number of para-hydroxylation sites is 1. The zero-order valence-electron chi connectivity index (χ0n) is 13.9. The van der Waals surface area contributed by atoms with Crippen LogP contribution in [0.5, 0.6) is 0 Å². The van der Waals surface area contributed by atoms with E-state index in [9.17, 15) is 4.79 Å². The topological polar surface area (TPSA) is 35.6 Å². The van der Waals surface area contributed by atoms with Gasteiger partial charge in [-0.3, -0.25) is 0 Å². The molecule has 1 aromatic heterocycles. The molecule has 1 aromatic carbocycles. The van der Waals surface area contributed by atoms with Crippen LogP contribution in [0.4, 0.5) is 10.5 Å². The average molecular weight is 331 g/mol. The van der Waals surface area contributed by atoms with Crippen molar-refractivity contribution in [2.45, 2.75) is 20.4 Å². The fourth-order valence-corrected chi connectivity index (χ4v) is 3.09. The highest BCUT2D eigenvalue weighted by Crippen LogP contribution is 2.14. The molecule has 124 valence electrons. The van der Waals surface area contributed by atoms with Crippen LogP contribution in [0.3, 0.4) is 0 Å². The molecule has 2 rings (SSSR count). The predicted molar refractivity (Wildman–Crippen MR) is 98.0 cm³/mol. The van der Waals surface area contributed by atoms with Gasteiger partial charge in [0.1, 0.15) is 0 Å². The second-order valence-electron chi connectivity index (χ2n) is 5.32. The standard InChI is InChI=1S/C18H25N3OS/c1-3-20(4-2)12-13-21(15-17-11-8-14-23-17)18(22)19-16-9-6-5-7-10-16/h5-11,14H,3-4,12-13,15H2,1-2H3,(H,19,22). The quantitative estimate of drug-likeness (QED) is 0.789. The lowest BCUT2D eigenvalue weighted by Gasteiger charge is -2.26. The lowest BCUT2D eigenvalue weighted by molar-refractivity contribution is 0.195. The van der Waals surface area contributed by atoms with Crippen molar-refractivity contribution in [3.63, 3.8) is 0 Å². The summed E-state index contributed by atoms with van der Waals surface area (Å²) < 4.78 is 0. The minimum atomic E-state index is -0.0447. The molecule has 0 aliphatic rings. The molecular weight excluding hydrogens is 306 g/mol. The Labute approximate surface area is 142 Å². The third-order valence-corrected chi connectivity index (χ3v) is 4.68. The van der Waals surface area contributed by atoms with Crippen LogP contribution in [-0.4, -0.2) is 42.0 Å². The fraction of sp³-hybridized carbons (Fsp3) is 0.389. The summed E-state index contributed by atoms with van der Waals surface area (Å²) in [4.78, 5) is 18.0. The summed E-state index contributed by atoms with van der Waals surface area (Å²) in [6.07, 6.45) is 0. The van der Waals surface area contributed by atoms with Gasteiger partial charge in [-0.05, 0) is 36.7 Å². The molecular formula is C18H25N3OS. The first kappa shape index (κ1) is 17.5. The molecule has 1 N–H and O–H groups in total. The molecule has 2 aromatic rings. The first-order valence-corrected chi connectivity index (χ1v) is 8.96. The van der Waals surface area contributed by atoms with E-state index in [2.05, 4.69) is 30.1 Å². The maximum Gasteiger partial charge on any atom is 0.322 e. The van der Waals surface area contributed by atoms with Crippen molar-refractivity contribution in [3.8, 4) is 0 Å². The summed E-state index contributed by atoms with van der Waals surface area (Å²) in [5.41, 5.74) is 0.830. The molecule has 0 fully saturated rings. The molecule has 0 atom stereocenters. The van der Waals surface area contributed by atoms with E-state index >= 15 is 0 Å². The number of hydrogen-bond acceptors (Lipinski definition) is 3. The normalized spacial score (nSPS) is 10.7. The van der Waals surface area contributed by atoms with E-state index in [4.69, 9.17) is 0 Å². The van der Waals surface area contributed by atoms with Crippen molar-refractivity contribution in [1.82, 2.24) is 9.80 Å². The van der Waals surface area contributed by atoms with Gasteiger partial charge in [0.05, 0.1) is 6.54 Å². The Kier molecular flexibility index (Phi) is 7.10. The number of likely N-dealkylation sites (N-methyl/N-ethyl adjacent to an activating group) is 1. The summed E-state index contributed by atoms with van der Waals surface area (Å²) in [5, 5.41) is 5.04. The second-order valence-corrected chi connectivity index (χ2v) is 6.36. The van der Waals surface area contributed by atoms with Crippen LogP contribution in [-0.2, 0) is 6.54 Å². The van der Waals surface area contributed by atoms with Crippen LogP contribution in [0.25, 0.3) is 0 Å². The van der Waals surface area contributed by atoms with E-state index in [1.807, 2.05) is 46.7 Å². The van der Waals surface area contributed by atoms with Crippen LogP contribution < -0.4 is 5.32 Å². The van der Waals surface area contributed by atoms with Gasteiger partial charge >= 0.3 is 6.03 Å². The Morgan fingerprint density at radius 1 is 1.04 bits per heavy atom. The predicted octanol–water partition coefficient (Wildman–Crippen LogP) is 4.12. The molecule has 4 nitrogen and oxygen atoms in total. The third-order valence-electron chi connectivity index (χ3n) is 3.82. The Morgan fingerprint density at radius 2 is 1.78 bits per heavy atom. The lowest BCUT2D eigenvalue weighted by atomic mass is 10.3. The van der Waals surface area contributed by atoms with Gasteiger partial charge in [-0.2, -0.15) is 0 Å². The number of rotatable bonds is 8. The number of nitrogens with one attached hydrogen (secondary N) is 1. The van der Waals surface area contributed by atoms with E-state index in [-0.39, 0.29) is 6.03 Å². The van der Waals surface area contributed by atoms with Gasteiger partial charge in [0.15, 0.2) is 0 Å². The van der Waals surface area contributed by atoms with E-state index in [1.54, 1.807) is 11.3 Å². The maximum absolute atomic E-state index is 12.6. The Balaban J connectivity index is 2.00. The number of benzene rings is 1. The van der Waals surface area contributed by atoms with Crippen LogP contribution in [0.1, 0.15) is 18.7 Å². The number of carbonyl (C=O) groups is 1. The third kappa shape index (κ3) is 5.69. The van der Waals surface area contributed by atoms with Gasteiger partial charge in [0.25, 0.3) is 0 Å². The van der Waals surface area contributed by atoms with Gasteiger partial charge < -0.3 is 15.1 Å². The number of urea groups is 1. The fourth-order valence-electron chi connectivity index (χ4n) is 2.37. The average Bonchev–Trinajstić information content (AvgIpc) is 3.08. The highest BCUT2D eigenvalue weighted by Gasteiger charge is 2.15. The van der Waals surface area contributed by atoms with Gasteiger partial charge in [0, 0.05) is 23.7 Å². The molecule has 0 unspecified atom stereocenters. The Bertz CT molecular complexity index is 567. The molecule has 23 heavy (non-hydrogen) atoms. The zero-order valence-corrected chi connectivity index (χ0v) is 14.7. The van der Waals surface area contributed by atoms with Crippen molar-refractivity contribution in [2.75, 3.05) is 31.5 Å². The van der Waals surface area contributed by atoms with Crippen LogP contribution in [0, 0.1) is 0 Å². The lowest BCUT2D eigenvalue weighted by Crippen LogP contribution is -2.40. The molecule has 0 spiro atoms. The summed E-state index contributed by atoms with van der Waals surface area (Å²) in [5.74, 6) is 0. The van der Waals surface area contributed by atoms with Gasteiger partial charge in [0.2, 0.25) is 0 Å². The molecule has 2 amide bonds. The van der Waals surface area contributed by atoms with Crippen molar-refractivity contribution in [3.05, 3.63) is 52.7 Å². The highest BCUT2D eigenvalue weighted by atomic mass is 32.1. The van der Waals surface area contributed by atoms with E-state index in [0.717, 1.165) is 31.9 Å². The summed E-state index contributed by atoms with van der Waals surface area (Å²) in [6.45, 7) is 8.57. The first-order valence-electron chi connectivity index (χ1n) is 8.08. The van der Waals surface area contributed by atoms with Crippen LogP contribution in [0.15, 0.2) is 47.8 Å². The van der Waals surface area contributed by atoms with E-state index < -0.39 is 0 Å². The van der Waals surface area contributed by atoms with Crippen molar-refractivity contribution in [1.29, 1.82) is 0 Å². The van der Waals surface area contributed by atoms with E-state index in [0.29, 0.717) is 6.54 Å². The molecule has 1 heterocycles. The van der Waals surface area contributed by atoms with Crippen LogP contribution >= 0.6 is 11.3 Å². The van der Waals surface area contributed by atoms with Gasteiger partial charge in [-0.25, -0.2) is 4.79 Å². The Hall–Kier alpha value is -1.85. The highest BCUT2D eigenvalue weighted by molar-refractivity contribution is 7.09. The number of amides is 2. The SMILES string of the molecule is CCN(CC)CCN(Cc1cccs1)C(=O)Nc1ccccc1. The minimum absolute atomic E-state index is 0.0447. The largest absolute Gasteiger partial charge is 0.322 e. The van der Waals surface area contributed by atoms with E-state index in [1.165, 1.54) is 4.88 Å². The summed E-state index contributed by atoms with van der Waals surface area (Å²) >= 11 is 1.69. The molecule has 0 radical (unpaired) electrons. The molecule has 5 heteroatoms. The smallest absolute Gasteiger partial charge is 0.318 e. The number of carbonyl (C=O) groups excluding carboxylic acids is 1. The Morgan fingerprint density at radius 3 is 2.39 bits per heavy atom. The number of anilines is 1. The number of nitrogens with zero attached hydrogens (tertiary/aromatic N) is 2. The molecule has 0 saturated heterocycles. The number of hydrogen-bond donors (Lipinski definition) is 1. The first-order chi connectivity index (χ1) is 11.2. The molecule has 0 bridgehead atoms. The summed E-state index contributed by atoms with van der Waals surface area (Å²) in [6, 6.07) is 13.7. The maximum atomic E-state index is 12.6. The minimum Gasteiger partial charge on any atom is -0.318 e. The second kappa shape index (κ2) is 9.33.